The van der Waals surface area contributed by atoms with E-state index in [4.69, 9.17) is 4.74 Å². The van der Waals surface area contributed by atoms with Crippen LogP contribution in [0.4, 0.5) is 0 Å². The fourth-order valence-electron chi connectivity index (χ4n) is 2.59. The number of rotatable bonds is 2. The van der Waals surface area contributed by atoms with Gasteiger partial charge in [0, 0.05) is 19.3 Å². The van der Waals surface area contributed by atoms with Gasteiger partial charge in [-0.05, 0) is 45.2 Å². The zero-order valence-electron chi connectivity index (χ0n) is 10.0. The molecule has 0 spiro atoms. The molecule has 3 heteroatoms. The second-order valence-electron chi connectivity index (χ2n) is 5.18. The Labute approximate surface area is 93.2 Å². The largest absolute Gasteiger partial charge is 0.381 e. The summed E-state index contributed by atoms with van der Waals surface area (Å²) in [4.78, 5) is 2.47. The maximum atomic E-state index is 5.38. The summed E-state index contributed by atoms with van der Waals surface area (Å²) in [6.45, 7) is 5.47. The minimum Gasteiger partial charge on any atom is -0.381 e. The van der Waals surface area contributed by atoms with Crippen LogP contribution in [0.2, 0.25) is 0 Å². The van der Waals surface area contributed by atoms with Crippen LogP contribution in [0.15, 0.2) is 0 Å². The second-order valence-corrected chi connectivity index (χ2v) is 5.18. The van der Waals surface area contributed by atoms with Gasteiger partial charge in [0.2, 0.25) is 0 Å². The maximum Gasteiger partial charge on any atom is 0.0599 e. The molecule has 2 rings (SSSR count). The van der Waals surface area contributed by atoms with Crippen molar-refractivity contribution in [2.75, 3.05) is 26.8 Å². The summed E-state index contributed by atoms with van der Waals surface area (Å²) in [5.74, 6) is 0.874. The highest BCUT2D eigenvalue weighted by atomic mass is 16.5. The summed E-state index contributed by atoms with van der Waals surface area (Å²) in [5, 5.41) is 3.78. The molecule has 0 amide bonds. The first-order chi connectivity index (χ1) is 7.25. The molecule has 0 aromatic rings. The van der Waals surface area contributed by atoms with E-state index in [9.17, 15) is 0 Å². The third-order valence-corrected chi connectivity index (χ3v) is 3.78. The molecule has 15 heavy (non-hydrogen) atoms. The molecular weight excluding hydrogens is 188 g/mol. The van der Waals surface area contributed by atoms with Gasteiger partial charge in [0.15, 0.2) is 0 Å². The summed E-state index contributed by atoms with van der Waals surface area (Å²) in [5.41, 5.74) is 0. The molecule has 2 unspecified atom stereocenters. The number of hydrogen-bond acceptors (Lipinski definition) is 3. The molecule has 0 radical (unpaired) electrons. The third-order valence-electron chi connectivity index (χ3n) is 3.78. The molecule has 88 valence electrons. The van der Waals surface area contributed by atoms with E-state index in [0.717, 1.165) is 19.1 Å². The first-order valence-corrected chi connectivity index (χ1v) is 6.29. The summed E-state index contributed by atoms with van der Waals surface area (Å²) in [6.07, 6.45) is 5.60. The molecule has 2 atom stereocenters. The maximum absolute atomic E-state index is 5.38. The normalized spacial score (nSPS) is 35.6. The SMILES string of the molecule is CC1CCN(C)C(NC2CCOCC2)C1. The first-order valence-electron chi connectivity index (χ1n) is 6.29. The Kier molecular flexibility index (Phi) is 4.00. The molecule has 0 aromatic heterocycles. The van der Waals surface area contributed by atoms with Gasteiger partial charge in [-0.25, -0.2) is 0 Å². The molecular formula is C12H24N2O. The van der Waals surface area contributed by atoms with E-state index in [-0.39, 0.29) is 0 Å². The fourth-order valence-corrected chi connectivity index (χ4v) is 2.59. The number of piperidine rings is 1. The van der Waals surface area contributed by atoms with Crippen LogP contribution >= 0.6 is 0 Å². The van der Waals surface area contributed by atoms with Crippen molar-refractivity contribution >= 4 is 0 Å². The standard InChI is InChI=1S/C12H24N2O/c1-10-3-6-14(2)12(9-10)13-11-4-7-15-8-5-11/h10-13H,3-9H2,1-2H3. The van der Waals surface area contributed by atoms with Crippen LogP contribution in [-0.4, -0.2) is 43.9 Å². The average molecular weight is 212 g/mol. The van der Waals surface area contributed by atoms with Crippen LogP contribution < -0.4 is 5.32 Å². The van der Waals surface area contributed by atoms with Crippen molar-refractivity contribution in [3.8, 4) is 0 Å². The van der Waals surface area contributed by atoms with Gasteiger partial charge in [-0.2, -0.15) is 0 Å². The van der Waals surface area contributed by atoms with Crippen molar-refractivity contribution in [3.63, 3.8) is 0 Å². The molecule has 2 aliphatic rings. The first kappa shape index (κ1) is 11.4. The van der Waals surface area contributed by atoms with Crippen LogP contribution in [0, 0.1) is 5.92 Å². The lowest BCUT2D eigenvalue weighted by atomic mass is 9.96. The third kappa shape index (κ3) is 3.16. The summed E-state index contributed by atoms with van der Waals surface area (Å²) in [7, 11) is 2.24. The van der Waals surface area contributed by atoms with Gasteiger partial charge in [0.1, 0.15) is 0 Å². The van der Waals surface area contributed by atoms with Gasteiger partial charge >= 0.3 is 0 Å². The van der Waals surface area contributed by atoms with Gasteiger partial charge in [-0.3, -0.25) is 10.2 Å². The quantitative estimate of drug-likeness (QED) is 0.749. The van der Waals surface area contributed by atoms with Crippen molar-refractivity contribution in [1.29, 1.82) is 0 Å². The second kappa shape index (κ2) is 5.28. The molecule has 2 aliphatic heterocycles. The van der Waals surface area contributed by atoms with E-state index >= 15 is 0 Å². The van der Waals surface area contributed by atoms with E-state index in [1.165, 1.54) is 32.2 Å². The van der Waals surface area contributed by atoms with E-state index in [2.05, 4.69) is 24.2 Å². The molecule has 3 nitrogen and oxygen atoms in total. The minimum absolute atomic E-state index is 0.594. The minimum atomic E-state index is 0.594. The molecule has 0 aliphatic carbocycles. The van der Waals surface area contributed by atoms with Crippen LogP contribution in [0.1, 0.15) is 32.6 Å². The van der Waals surface area contributed by atoms with Gasteiger partial charge in [-0.1, -0.05) is 6.92 Å². The van der Waals surface area contributed by atoms with E-state index in [1.807, 2.05) is 0 Å². The van der Waals surface area contributed by atoms with Crippen LogP contribution in [-0.2, 0) is 4.74 Å². The predicted octanol–water partition coefficient (Wildman–Crippen LogP) is 1.44. The Morgan fingerprint density at radius 1 is 1.20 bits per heavy atom. The molecule has 1 N–H and O–H groups in total. The Bertz CT molecular complexity index is 192. The summed E-state index contributed by atoms with van der Waals surface area (Å²) in [6, 6.07) is 0.677. The number of nitrogens with zero attached hydrogens (tertiary/aromatic N) is 1. The Hall–Kier alpha value is -0.120. The van der Waals surface area contributed by atoms with Crippen LogP contribution in [0.5, 0.6) is 0 Å². The summed E-state index contributed by atoms with van der Waals surface area (Å²) >= 11 is 0. The average Bonchev–Trinajstić information content (AvgIpc) is 2.25. The highest BCUT2D eigenvalue weighted by Gasteiger charge is 2.26. The number of hydrogen-bond donors (Lipinski definition) is 1. The van der Waals surface area contributed by atoms with Gasteiger partial charge < -0.3 is 4.74 Å². The van der Waals surface area contributed by atoms with Crippen molar-refractivity contribution in [1.82, 2.24) is 10.2 Å². The molecule has 2 heterocycles. The number of likely N-dealkylation sites (tertiary alicyclic amines) is 1. The highest BCUT2D eigenvalue weighted by molar-refractivity contribution is 4.80. The highest BCUT2D eigenvalue weighted by Crippen LogP contribution is 2.20. The predicted molar refractivity (Wildman–Crippen MR) is 61.8 cm³/mol. The molecule has 2 saturated heterocycles. The number of ether oxygens (including phenoxy) is 1. The van der Waals surface area contributed by atoms with E-state index < -0.39 is 0 Å². The number of nitrogens with one attached hydrogen (secondary N) is 1. The molecule has 0 saturated carbocycles. The molecule has 0 bridgehead atoms. The van der Waals surface area contributed by atoms with Crippen LogP contribution in [0.25, 0.3) is 0 Å². The van der Waals surface area contributed by atoms with Gasteiger partial charge in [0.25, 0.3) is 0 Å². The summed E-state index contributed by atoms with van der Waals surface area (Å²) < 4.78 is 5.38. The lowest BCUT2D eigenvalue weighted by molar-refractivity contribution is 0.0507. The van der Waals surface area contributed by atoms with Crippen molar-refractivity contribution in [3.05, 3.63) is 0 Å². The van der Waals surface area contributed by atoms with Gasteiger partial charge in [0.05, 0.1) is 6.17 Å². The van der Waals surface area contributed by atoms with Crippen LogP contribution in [0.3, 0.4) is 0 Å². The molecule has 2 fully saturated rings. The van der Waals surface area contributed by atoms with Crippen molar-refractivity contribution in [2.24, 2.45) is 5.92 Å². The lowest BCUT2D eigenvalue weighted by Gasteiger charge is -2.39. The Morgan fingerprint density at radius 2 is 1.93 bits per heavy atom. The zero-order valence-corrected chi connectivity index (χ0v) is 10.0. The van der Waals surface area contributed by atoms with Gasteiger partial charge in [-0.15, -0.1) is 0 Å². The topological polar surface area (TPSA) is 24.5 Å². The smallest absolute Gasteiger partial charge is 0.0599 e. The van der Waals surface area contributed by atoms with Crippen molar-refractivity contribution in [2.45, 2.75) is 44.8 Å². The van der Waals surface area contributed by atoms with E-state index in [1.54, 1.807) is 0 Å². The van der Waals surface area contributed by atoms with Crippen molar-refractivity contribution < 1.29 is 4.74 Å². The Balaban J connectivity index is 1.80. The zero-order chi connectivity index (χ0) is 10.7. The monoisotopic (exact) mass is 212 g/mol. The van der Waals surface area contributed by atoms with E-state index in [0.29, 0.717) is 12.2 Å². The lowest BCUT2D eigenvalue weighted by Crippen LogP contribution is -2.52. The molecule has 0 aromatic carbocycles. The fraction of sp³-hybridized carbons (Fsp3) is 1.00. The Morgan fingerprint density at radius 3 is 2.67 bits per heavy atom.